The molecule has 126 valence electrons. The van der Waals surface area contributed by atoms with E-state index >= 15 is 0 Å². The number of nitriles is 1. The standard InChI is InChI=1S/C20H17NO4/c1-24-19-12-15(10-11-18(19)22)8-5-9-17(13-21)20(23)25-14-16-6-3-2-4-7-16/h2-12,22H,14H2,1H3/b8-5+,17-9+. The summed E-state index contributed by atoms with van der Waals surface area (Å²) in [6.07, 6.45) is 4.63. The molecule has 2 aromatic rings. The van der Waals surface area contributed by atoms with Crippen molar-refractivity contribution < 1.29 is 19.4 Å². The number of carbonyl (C=O) groups excluding carboxylic acids is 1. The Labute approximate surface area is 146 Å². The largest absolute Gasteiger partial charge is 0.504 e. The van der Waals surface area contributed by atoms with Crippen LogP contribution in [0.5, 0.6) is 11.5 Å². The van der Waals surface area contributed by atoms with Gasteiger partial charge in [-0.1, -0.05) is 48.6 Å². The molecule has 0 bridgehead atoms. The topological polar surface area (TPSA) is 79.5 Å². The number of carbonyl (C=O) groups is 1. The summed E-state index contributed by atoms with van der Waals surface area (Å²) in [5.74, 6) is -0.300. The van der Waals surface area contributed by atoms with Crippen molar-refractivity contribution in [1.82, 2.24) is 0 Å². The Morgan fingerprint density at radius 2 is 2.00 bits per heavy atom. The smallest absolute Gasteiger partial charge is 0.349 e. The summed E-state index contributed by atoms with van der Waals surface area (Å²) in [6, 6.07) is 15.9. The third-order valence-electron chi connectivity index (χ3n) is 3.31. The average Bonchev–Trinajstić information content (AvgIpc) is 2.65. The van der Waals surface area contributed by atoms with Crippen LogP contribution in [0.1, 0.15) is 11.1 Å². The van der Waals surface area contributed by atoms with Gasteiger partial charge in [-0.2, -0.15) is 5.26 Å². The summed E-state index contributed by atoms with van der Waals surface area (Å²) in [7, 11) is 1.46. The number of nitrogens with zero attached hydrogens (tertiary/aromatic N) is 1. The maximum atomic E-state index is 11.9. The summed E-state index contributed by atoms with van der Waals surface area (Å²) >= 11 is 0. The van der Waals surface area contributed by atoms with E-state index in [1.807, 2.05) is 36.4 Å². The summed E-state index contributed by atoms with van der Waals surface area (Å²) in [4.78, 5) is 11.9. The number of ether oxygens (including phenoxy) is 2. The van der Waals surface area contributed by atoms with Crippen LogP contribution in [0, 0.1) is 11.3 Å². The zero-order valence-electron chi connectivity index (χ0n) is 13.7. The van der Waals surface area contributed by atoms with Crippen molar-refractivity contribution in [3.8, 4) is 17.6 Å². The van der Waals surface area contributed by atoms with Crippen LogP contribution in [-0.4, -0.2) is 18.2 Å². The van der Waals surface area contributed by atoms with Gasteiger partial charge in [-0.05, 0) is 29.3 Å². The van der Waals surface area contributed by atoms with E-state index in [0.717, 1.165) is 11.1 Å². The number of methoxy groups -OCH3 is 1. The van der Waals surface area contributed by atoms with Crippen molar-refractivity contribution in [2.45, 2.75) is 6.61 Å². The Morgan fingerprint density at radius 3 is 2.68 bits per heavy atom. The Bertz CT molecular complexity index is 833. The maximum Gasteiger partial charge on any atom is 0.349 e. The van der Waals surface area contributed by atoms with E-state index < -0.39 is 5.97 Å². The fourth-order valence-electron chi connectivity index (χ4n) is 2.01. The number of hydrogen-bond acceptors (Lipinski definition) is 5. The molecule has 0 radical (unpaired) electrons. The summed E-state index contributed by atoms with van der Waals surface area (Å²) in [5.41, 5.74) is 1.50. The van der Waals surface area contributed by atoms with E-state index in [1.165, 1.54) is 19.3 Å². The zero-order chi connectivity index (χ0) is 18.1. The van der Waals surface area contributed by atoms with Crippen molar-refractivity contribution in [3.63, 3.8) is 0 Å². The highest BCUT2D eigenvalue weighted by molar-refractivity contribution is 5.93. The predicted molar refractivity (Wildman–Crippen MR) is 93.6 cm³/mol. The van der Waals surface area contributed by atoms with Crippen LogP contribution in [-0.2, 0) is 16.1 Å². The first-order valence-corrected chi connectivity index (χ1v) is 7.50. The van der Waals surface area contributed by atoms with Gasteiger partial charge in [0.2, 0.25) is 0 Å². The molecule has 5 nitrogen and oxygen atoms in total. The highest BCUT2D eigenvalue weighted by atomic mass is 16.5. The molecule has 5 heteroatoms. The van der Waals surface area contributed by atoms with E-state index in [-0.39, 0.29) is 17.9 Å². The second-order valence-corrected chi connectivity index (χ2v) is 5.04. The Morgan fingerprint density at radius 1 is 1.24 bits per heavy atom. The van der Waals surface area contributed by atoms with Crippen LogP contribution >= 0.6 is 0 Å². The van der Waals surface area contributed by atoms with E-state index in [2.05, 4.69) is 0 Å². The summed E-state index contributed by atoms with van der Waals surface area (Å²) in [5, 5.41) is 18.7. The lowest BCUT2D eigenvalue weighted by Crippen LogP contribution is -2.06. The number of allylic oxidation sites excluding steroid dienone is 2. The monoisotopic (exact) mass is 335 g/mol. The van der Waals surface area contributed by atoms with Crippen LogP contribution < -0.4 is 4.74 Å². The van der Waals surface area contributed by atoms with Crippen LogP contribution in [0.15, 0.2) is 66.3 Å². The number of aromatic hydroxyl groups is 1. The lowest BCUT2D eigenvalue weighted by atomic mass is 10.1. The van der Waals surface area contributed by atoms with E-state index in [9.17, 15) is 9.90 Å². The van der Waals surface area contributed by atoms with Crippen LogP contribution in [0.2, 0.25) is 0 Å². The SMILES string of the molecule is COc1cc(/C=C/C=C(\C#N)C(=O)OCc2ccccc2)ccc1O. The predicted octanol–water partition coefficient (Wildman–Crippen LogP) is 3.61. The first-order valence-electron chi connectivity index (χ1n) is 7.50. The van der Waals surface area contributed by atoms with Crippen molar-refractivity contribution in [3.05, 3.63) is 77.4 Å². The molecule has 0 fully saturated rings. The number of hydrogen-bond donors (Lipinski definition) is 1. The van der Waals surface area contributed by atoms with E-state index in [4.69, 9.17) is 14.7 Å². The zero-order valence-corrected chi connectivity index (χ0v) is 13.7. The van der Waals surface area contributed by atoms with Crippen molar-refractivity contribution in [2.24, 2.45) is 0 Å². The molecular formula is C20H17NO4. The second-order valence-electron chi connectivity index (χ2n) is 5.04. The quantitative estimate of drug-likeness (QED) is 0.377. The Kier molecular flexibility index (Phi) is 6.38. The van der Waals surface area contributed by atoms with Gasteiger partial charge < -0.3 is 14.6 Å². The van der Waals surface area contributed by atoms with Crippen LogP contribution in [0.3, 0.4) is 0 Å². The molecule has 1 N–H and O–H groups in total. The molecule has 0 aliphatic carbocycles. The number of phenolic OH excluding ortho intramolecular Hbond substituents is 1. The van der Waals surface area contributed by atoms with E-state index in [0.29, 0.717) is 5.75 Å². The number of esters is 1. The van der Waals surface area contributed by atoms with E-state index in [1.54, 1.807) is 24.3 Å². The van der Waals surface area contributed by atoms with Gasteiger partial charge in [0.05, 0.1) is 7.11 Å². The molecule has 0 aliphatic rings. The molecular weight excluding hydrogens is 318 g/mol. The minimum atomic E-state index is -0.681. The van der Waals surface area contributed by atoms with Crippen molar-refractivity contribution >= 4 is 12.0 Å². The number of phenols is 1. The van der Waals surface area contributed by atoms with Gasteiger partial charge in [-0.3, -0.25) is 0 Å². The molecule has 0 saturated carbocycles. The maximum absolute atomic E-state index is 11.9. The average molecular weight is 335 g/mol. The molecule has 0 saturated heterocycles. The molecule has 0 heterocycles. The molecule has 25 heavy (non-hydrogen) atoms. The fourth-order valence-corrected chi connectivity index (χ4v) is 2.01. The first-order chi connectivity index (χ1) is 12.1. The van der Waals surface area contributed by atoms with Gasteiger partial charge in [0.25, 0.3) is 0 Å². The van der Waals surface area contributed by atoms with Gasteiger partial charge in [0.15, 0.2) is 11.5 Å². The molecule has 0 amide bonds. The highest BCUT2D eigenvalue weighted by Crippen LogP contribution is 2.26. The lowest BCUT2D eigenvalue weighted by Gasteiger charge is -2.04. The molecule has 0 aliphatic heterocycles. The Balaban J connectivity index is 2.01. The van der Waals surface area contributed by atoms with Gasteiger partial charge in [0, 0.05) is 0 Å². The normalized spacial score (nSPS) is 11.1. The lowest BCUT2D eigenvalue weighted by molar-refractivity contribution is -0.139. The third-order valence-corrected chi connectivity index (χ3v) is 3.31. The fraction of sp³-hybridized carbons (Fsp3) is 0.100. The number of rotatable bonds is 6. The van der Waals surface area contributed by atoms with Crippen molar-refractivity contribution in [1.29, 1.82) is 5.26 Å². The third kappa shape index (κ3) is 5.26. The minimum absolute atomic E-state index is 0.0393. The van der Waals surface area contributed by atoms with Crippen molar-refractivity contribution in [2.75, 3.05) is 7.11 Å². The van der Waals surface area contributed by atoms with Crippen LogP contribution in [0.4, 0.5) is 0 Å². The van der Waals surface area contributed by atoms with Crippen LogP contribution in [0.25, 0.3) is 6.08 Å². The molecule has 0 unspecified atom stereocenters. The number of benzene rings is 2. The molecule has 2 rings (SSSR count). The van der Waals surface area contributed by atoms with Gasteiger partial charge >= 0.3 is 5.97 Å². The molecule has 2 aromatic carbocycles. The first kappa shape index (κ1) is 17.8. The minimum Gasteiger partial charge on any atom is -0.504 e. The second kappa shape index (κ2) is 8.94. The highest BCUT2D eigenvalue weighted by Gasteiger charge is 2.09. The summed E-state index contributed by atoms with van der Waals surface area (Å²) in [6.45, 7) is 0.109. The molecule has 0 atom stereocenters. The molecule has 0 spiro atoms. The van der Waals surface area contributed by atoms with Gasteiger partial charge in [-0.15, -0.1) is 0 Å². The summed E-state index contributed by atoms with van der Waals surface area (Å²) < 4.78 is 10.1. The molecule has 0 aromatic heterocycles. The van der Waals surface area contributed by atoms with Gasteiger partial charge in [0.1, 0.15) is 18.2 Å². The Hall–Kier alpha value is -3.52. The van der Waals surface area contributed by atoms with Gasteiger partial charge in [-0.25, -0.2) is 4.79 Å².